The van der Waals surface area contributed by atoms with Crippen LogP contribution in [-0.4, -0.2) is 42.1 Å². The van der Waals surface area contributed by atoms with Crippen LogP contribution in [0.25, 0.3) is 0 Å². The number of hydrogen-bond donors (Lipinski definition) is 0. The van der Waals surface area contributed by atoms with E-state index in [-0.39, 0.29) is 11.8 Å². The van der Waals surface area contributed by atoms with Gasteiger partial charge in [0.15, 0.2) is 0 Å². The van der Waals surface area contributed by atoms with E-state index in [0.29, 0.717) is 37.7 Å². The van der Waals surface area contributed by atoms with Gasteiger partial charge >= 0.3 is 0 Å². The third-order valence-electron chi connectivity index (χ3n) is 4.03. The molecule has 5 heteroatoms. The molecule has 0 saturated carbocycles. The van der Waals surface area contributed by atoms with Crippen molar-refractivity contribution in [3.8, 4) is 0 Å². The van der Waals surface area contributed by atoms with E-state index in [0.717, 1.165) is 11.3 Å². The number of halogens is 1. The number of amides is 1. The topological polar surface area (TPSA) is 42.4 Å². The van der Waals surface area contributed by atoms with Crippen LogP contribution in [0.1, 0.15) is 17.2 Å². The van der Waals surface area contributed by atoms with E-state index >= 15 is 0 Å². The lowest BCUT2D eigenvalue weighted by Crippen LogP contribution is -2.43. The molecule has 1 amide bonds. The second-order valence-electron chi connectivity index (χ2n) is 5.57. The van der Waals surface area contributed by atoms with Gasteiger partial charge in [0.1, 0.15) is 0 Å². The van der Waals surface area contributed by atoms with E-state index in [1.807, 2.05) is 47.4 Å². The van der Waals surface area contributed by atoms with Crippen LogP contribution in [-0.2, 0) is 16.0 Å². The number of morpholine rings is 1. The summed E-state index contributed by atoms with van der Waals surface area (Å²) < 4.78 is 5.35. The number of benzene rings is 1. The fourth-order valence-corrected chi connectivity index (χ4v) is 2.90. The highest BCUT2D eigenvalue weighted by Crippen LogP contribution is 2.25. The normalized spacial score (nSPS) is 16.1. The monoisotopic (exact) mass is 330 g/mol. The van der Waals surface area contributed by atoms with Crippen LogP contribution in [0, 0.1) is 0 Å². The van der Waals surface area contributed by atoms with Gasteiger partial charge in [0, 0.05) is 36.4 Å². The first kappa shape index (κ1) is 16.0. The third kappa shape index (κ3) is 4.09. The molecule has 23 heavy (non-hydrogen) atoms. The second kappa shape index (κ2) is 7.57. The van der Waals surface area contributed by atoms with Crippen molar-refractivity contribution in [2.24, 2.45) is 0 Å². The zero-order valence-corrected chi connectivity index (χ0v) is 13.6. The van der Waals surface area contributed by atoms with Crippen molar-refractivity contribution < 1.29 is 9.53 Å². The molecule has 1 unspecified atom stereocenters. The quantitative estimate of drug-likeness (QED) is 0.865. The first-order chi connectivity index (χ1) is 11.2. The minimum Gasteiger partial charge on any atom is -0.378 e. The van der Waals surface area contributed by atoms with Gasteiger partial charge in [0.05, 0.1) is 19.1 Å². The van der Waals surface area contributed by atoms with E-state index in [1.165, 1.54) is 0 Å². The average Bonchev–Trinajstić information content (AvgIpc) is 2.62. The van der Waals surface area contributed by atoms with E-state index in [2.05, 4.69) is 4.98 Å². The van der Waals surface area contributed by atoms with Crippen LogP contribution < -0.4 is 0 Å². The molecule has 0 aliphatic carbocycles. The molecule has 1 aromatic heterocycles. The summed E-state index contributed by atoms with van der Waals surface area (Å²) in [6, 6.07) is 13.3. The Balaban J connectivity index is 1.85. The Labute approximate surface area is 141 Å². The fraction of sp³-hybridized carbons (Fsp3) is 0.333. The highest BCUT2D eigenvalue weighted by atomic mass is 35.5. The summed E-state index contributed by atoms with van der Waals surface area (Å²) in [4.78, 5) is 19.2. The van der Waals surface area contributed by atoms with Crippen LogP contribution in [0.4, 0.5) is 0 Å². The van der Waals surface area contributed by atoms with Gasteiger partial charge in [0.25, 0.3) is 0 Å². The summed E-state index contributed by atoms with van der Waals surface area (Å²) in [6.07, 6.45) is 2.34. The van der Waals surface area contributed by atoms with Crippen molar-refractivity contribution >= 4 is 17.5 Å². The molecule has 2 aromatic rings. The Morgan fingerprint density at radius 3 is 2.57 bits per heavy atom. The summed E-state index contributed by atoms with van der Waals surface area (Å²) >= 11 is 5.98. The maximum absolute atomic E-state index is 13.0. The number of ether oxygens (including phenoxy) is 1. The van der Waals surface area contributed by atoms with Crippen molar-refractivity contribution in [2.75, 3.05) is 26.3 Å². The molecule has 1 saturated heterocycles. The fourth-order valence-electron chi connectivity index (χ4n) is 2.77. The molecule has 120 valence electrons. The van der Waals surface area contributed by atoms with Crippen LogP contribution in [0.2, 0.25) is 5.02 Å². The molecule has 1 aliphatic rings. The highest BCUT2D eigenvalue weighted by Gasteiger charge is 2.27. The molecular formula is C18H19ClN2O2. The zero-order chi connectivity index (χ0) is 16.1. The molecular weight excluding hydrogens is 312 g/mol. The van der Waals surface area contributed by atoms with Crippen LogP contribution in [0.15, 0.2) is 48.7 Å². The summed E-state index contributed by atoms with van der Waals surface area (Å²) in [6.45, 7) is 2.49. The van der Waals surface area contributed by atoms with Gasteiger partial charge in [-0.05, 0) is 29.8 Å². The Bertz CT molecular complexity index is 640. The van der Waals surface area contributed by atoms with Crippen molar-refractivity contribution in [3.05, 3.63) is 64.9 Å². The van der Waals surface area contributed by atoms with Gasteiger partial charge in [-0.15, -0.1) is 0 Å². The SMILES string of the molecule is O=C(C(Cc1ccccn1)c1ccc(Cl)cc1)N1CCOCC1. The van der Waals surface area contributed by atoms with Gasteiger partial charge < -0.3 is 9.64 Å². The smallest absolute Gasteiger partial charge is 0.230 e. The zero-order valence-electron chi connectivity index (χ0n) is 12.8. The second-order valence-corrected chi connectivity index (χ2v) is 6.00. The predicted octanol–water partition coefficient (Wildman–Crippen LogP) is 2.92. The molecule has 1 atom stereocenters. The van der Waals surface area contributed by atoms with Gasteiger partial charge in [-0.25, -0.2) is 0 Å². The van der Waals surface area contributed by atoms with Gasteiger partial charge in [-0.2, -0.15) is 0 Å². The molecule has 2 heterocycles. The molecule has 1 aliphatic heterocycles. The van der Waals surface area contributed by atoms with Gasteiger partial charge in [0.2, 0.25) is 5.91 Å². The van der Waals surface area contributed by atoms with Crippen molar-refractivity contribution in [1.29, 1.82) is 0 Å². The molecule has 0 radical (unpaired) electrons. The maximum Gasteiger partial charge on any atom is 0.230 e. The number of carbonyl (C=O) groups is 1. The Hall–Kier alpha value is -1.91. The highest BCUT2D eigenvalue weighted by molar-refractivity contribution is 6.30. The lowest BCUT2D eigenvalue weighted by atomic mass is 9.92. The Kier molecular flexibility index (Phi) is 5.26. The first-order valence-electron chi connectivity index (χ1n) is 7.76. The summed E-state index contributed by atoms with van der Waals surface area (Å²) in [5.74, 6) is -0.124. The number of rotatable bonds is 4. The predicted molar refractivity (Wildman–Crippen MR) is 89.5 cm³/mol. The van der Waals surface area contributed by atoms with Gasteiger partial charge in [-0.1, -0.05) is 29.8 Å². The van der Waals surface area contributed by atoms with E-state index < -0.39 is 0 Å². The van der Waals surface area contributed by atoms with Crippen LogP contribution in [0.3, 0.4) is 0 Å². The third-order valence-corrected chi connectivity index (χ3v) is 4.28. The molecule has 3 rings (SSSR count). The minimum atomic E-state index is -0.250. The average molecular weight is 331 g/mol. The number of aromatic nitrogens is 1. The number of carbonyl (C=O) groups excluding carboxylic acids is 1. The summed E-state index contributed by atoms with van der Waals surface area (Å²) in [7, 11) is 0. The largest absolute Gasteiger partial charge is 0.378 e. The summed E-state index contributed by atoms with van der Waals surface area (Å²) in [5, 5.41) is 0.671. The van der Waals surface area contributed by atoms with Crippen molar-refractivity contribution in [2.45, 2.75) is 12.3 Å². The Morgan fingerprint density at radius 1 is 1.17 bits per heavy atom. The maximum atomic E-state index is 13.0. The van der Waals surface area contributed by atoms with E-state index in [4.69, 9.17) is 16.3 Å². The van der Waals surface area contributed by atoms with Crippen LogP contribution in [0.5, 0.6) is 0 Å². The van der Waals surface area contributed by atoms with E-state index in [1.54, 1.807) is 6.20 Å². The molecule has 0 bridgehead atoms. The lowest BCUT2D eigenvalue weighted by molar-refractivity contribution is -0.136. The number of nitrogens with zero attached hydrogens (tertiary/aromatic N) is 2. The molecule has 0 N–H and O–H groups in total. The Morgan fingerprint density at radius 2 is 1.91 bits per heavy atom. The van der Waals surface area contributed by atoms with E-state index in [9.17, 15) is 4.79 Å². The summed E-state index contributed by atoms with van der Waals surface area (Å²) in [5.41, 5.74) is 1.88. The standard InChI is InChI=1S/C18H19ClN2O2/c19-15-6-4-14(5-7-15)17(13-16-3-1-2-8-20-16)18(22)21-9-11-23-12-10-21/h1-8,17H,9-13H2. The molecule has 0 spiro atoms. The van der Waals surface area contributed by atoms with Crippen LogP contribution >= 0.6 is 11.6 Å². The van der Waals surface area contributed by atoms with Crippen molar-refractivity contribution in [1.82, 2.24) is 9.88 Å². The lowest BCUT2D eigenvalue weighted by Gasteiger charge is -2.30. The van der Waals surface area contributed by atoms with Gasteiger partial charge in [-0.3, -0.25) is 9.78 Å². The van der Waals surface area contributed by atoms with Crippen molar-refractivity contribution in [3.63, 3.8) is 0 Å². The molecule has 4 nitrogen and oxygen atoms in total. The molecule has 1 aromatic carbocycles. The number of hydrogen-bond acceptors (Lipinski definition) is 3. The first-order valence-corrected chi connectivity index (χ1v) is 8.14. The number of pyridine rings is 1. The molecule has 1 fully saturated rings. The minimum absolute atomic E-state index is 0.126.